The third-order valence-corrected chi connectivity index (χ3v) is 6.42. The molecule has 10 nitrogen and oxygen atoms in total. The van der Waals surface area contributed by atoms with Gasteiger partial charge in [-0.3, -0.25) is 14.4 Å². The molecule has 0 saturated carbocycles. The zero-order chi connectivity index (χ0) is 29.7. The zero-order valence-electron chi connectivity index (χ0n) is 22.9. The summed E-state index contributed by atoms with van der Waals surface area (Å²) in [5.41, 5.74) is 3.04. The Hall–Kier alpha value is -5.25. The van der Waals surface area contributed by atoms with Crippen LogP contribution in [-0.2, 0) is 33.9 Å². The van der Waals surface area contributed by atoms with E-state index in [1.54, 1.807) is 42.5 Å². The van der Waals surface area contributed by atoms with Crippen molar-refractivity contribution in [2.45, 2.75) is 38.5 Å². The van der Waals surface area contributed by atoms with E-state index in [9.17, 15) is 19.2 Å². The molecule has 0 aliphatic carbocycles. The Balaban J connectivity index is 1.35. The second-order valence-electron chi connectivity index (χ2n) is 9.65. The van der Waals surface area contributed by atoms with E-state index in [2.05, 4.69) is 20.9 Å². The molecule has 1 aromatic heterocycles. The van der Waals surface area contributed by atoms with Crippen LogP contribution in [0.25, 0.3) is 10.9 Å². The van der Waals surface area contributed by atoms with Gasteiger partial charge in [-0.2, -0.15) is 0 Å². The maximum Gasteiger partial charge on any atom is 0.407 e. The minimum absolute atomic E-state index is 0.125. The number of nitrogens with zero attached hydrogens (tertiary/aromatic N) is 1. The van der Waals surface area contributed by atoms with E-state index in [1.807, 2.05) is 48.5 Å². The van der Waals surface area contributed by atoms with Crippen LogP contribution in [0.3, 0.4) is 0 Å². The molecule has 3 amide bonds. The number of carboxylic acids is 1. The number of hydrogen-bond donors (Lipinski definition) is 4. The van der Waals surface area contributed by atoms with E-state index >= 15 is 0 Å². The average molecular weight is 569 g/mol. The molecule has 4 rings (SSSR count). The van der Waals surface area contributed by atoms with Gasteiger partial charge in [0.1, 0.15) is 18.3 Å². The second kappa shape index (κ2) is 14.9. The van der Waals surface area contributed by atoms with E-state index in [0.717, 1.165) is 16.5 Å². The summed E-state index contributed by atoms with van der Waals surface area (Å²) in [6, 6.07) is 26.1. The minimum Gasteiger partial charge on any atom is -0.481 e. The second-order valence-corrected chi connectivity index (χ2v) is 9.65. The SMILES string of the molecule is O=C(O)Cc1cccc(CNC(=O)[C@H](CCCNC(=O)OCc2ccccc2)NC(=O)c2ccc3ccccc3n2)c1. The molecule has 0 unspecified atom stereocenters. The molecule has 10 heteroatoms. The number of nitrogens with one attached hydrogen (secondary N) is 3. The summed E-state index contributed by atoms with van der Waals surface area (Å²) in [5.74, 6) is -1.86. The molecule has 0 bridgehead atoms. The lowest BCUT2D eigenvalue weighted by molar-refractivity contribution is -0.136. The Morgan fingerprint density at radius 2 is 1.55 bits per heavy atom. The first kappa shape index (κ1) is 29.7. The Bertz CT molecular complexity index is 1540. The molecule has 1 atom stereocenters. The monoisotopic (exact) mass is 568 g/mol. The highest BCUT2D eigenvalue weighted by atomic mass is 16.5. The van der Waals surface area contributed by atoms with Crippen LogP contribution in [0.1, 0.15) is 40.0 Å². The molecule has 42 heavy (non-hydrogen) atoms. The Morgan fingerprint density at radius 1 is 0.810 bits per heavy atom. The first-order valence-corrected chi connectivity index (χ1v) is 13.6. The summed E-state index contributed by atoms with van der Waals surface area (Å²) in [6.07, 6.45) is -0.0770. The van der Waals surface area contributed by atoms with E-state index in [0.29, 0.717) is 17.5 Å². The fourth-order valence-corrected chi connectivity index (χ4v) is 4.30. The van der Waals surface area contributed by atoms with Crippen LogP contribution in [0, 0.1) is 0 Å². The number of rotatable bonds is 13. The van der Waals surface area contributed by atoms with Crippen LogP contribution in [0.5, 0.6) is 0 Å². The normalized spacial score (nSPS) is 11.3. The molecule has 216 valence electrons. The van der Waals surface area contributed by atoms with Gasteiger partial charge in [-0.1, -0.05) is 78.9 Å². The highest BCUT2D eigenvalue weighted by Crippen LogP contribution is 2.12. The molecule has 1 heterocycles. The topological polar surface area (TPSA) is 147 Å². The quantitative estimate of drug-likeness (QED) is 0.178. The highest BCUT2D eigenvalue weighted by Gasteiger charge is 2.22. The number of carbonyl (C=O) groups is 4. The number of amides is 3. The van der Waals surface area contributed by atoms with E-state index in [1.165, 1.54) is 0 Å². The Kier molecular flexibility index (Phi) is 10.6. The van der Waals surface area contributed by atoms with Crippen molar-refractivity contribution in [2.75, 3.05) is 6.54 Å². The molecule has 0 spiro atoms. The van der Waals surface area contributed by atoms with Gasteiger partial charge >= 0.3 is 12.1 Å². The summed E-state index contributed by atoms with van der Waals surface area (Å²) < 4.78 is 5.22. The predicted molar refractivity (Wildman–Crippen MR) is 156 cm³/mol. The number of carboxylic acid groups (broad SMARTS) is 1. The lowest BCUT2D eigenvalue weighted by Crippen LogP contribution is -2.47. The van der Waals surface area contributed by atoms with Gasteiger partial charge in [0.15, 0.2) is 0 Å². The number of aliphatic carboxylic acids is 1. The summed E-state index contributed by atoms with van der Waals surface area (Å²) in [7, 11) is 0. The number of hydrogen-bond acceptors (Lipinski definition) is 6. The molecule has 4 aromatic rings. The van der Waals surface area contributed by atoms with Gasteiger partial charge in [-0.15, -0.1) is 0 Å². The lowest BCUT2D eigenvalue weighted by Gasteiger charge is -2.19. The van der Waals surface area contributed by atoms with E-state index < -0.39 is 29.9 Å². The van der Waals surface area contributed by atoms with Gasteiger partial charge in [0.25, 0.3) is 5.91 Å². The maximum atomic E-state index is 13.2. The largest absolute Gasteiger partial charge is 0.481 e. The molecular formula is C32H32N4O6. The van der Waals surface area contributed by atoms with Crippen molar-refractivity contribution in [3.05, 3.63) is 113 Å². The number of aromatic nitrogens is 1. The fourth-order valence-electron chi connectivity index (χ4n) is 4.30. The fraction of sp³-hybridized carbons (Fsp3) is 0.219. The van der Waals surface area contributed by atoms with Crippen molar-refractivity contribution in [1.82, 2.24) is 20.9 Å². The number of benzene rings is 3. The van der Waals surface area contributed by atoms with Crippen molar-refractivity contribution >= 4 is 34.8 Å². The smallest absolute Gasteiger partial charge is 0.407 e. The first-order valence-electron chi connectivity index (χ1n) is 13.6. The minimum atomic E-state index is -0.946. The van der Waals surface area contributed by atoms with Crippen LogP contribution in [-0.4, -0.2) is 46.6 Å². The van der Waals surface area contributed by atoms with Gasteiger partial charge < -0.3 is 25.8 Å². The highest BCUT2D eigenvalue weighted by molar-refractivity contribution is 5.97. The molecule has 4 N–H and O–H groups in total. The number of carbonyl (C=O) groups excluding carboxylic acids is 3. The number of para-hydroxylation sites is 1. The average Bonchev–Trinajstić information content (AvgIpc) is 3.00. The van der Waals surface area contributed by atoms with Gasteiger partial charge in [0.05, 0.1) is 11.9 Å². The summed E-state index contributed by atoms with van der Waals surface area (Å²) in [4.78, 5) is 53.8. The van der Waals surface area contributed by atoms with E-state index in [-0.39, 0.29) is 38.2 Å². The molecule has 0 radical (unpaired) electrons. The van der Waals surface area contributed by atoms with Crippen LogP contribution < -0.4 is 16.0 Å². The number of fused-ring (bicyclic) bond motifs is 1. The molecule has 3 aromatic carbocycles. The molecule has 0 saturated heterocycles. The standard InChI is InChI=1S/C32H32N4O6/c37-29(38)19-23-10-6-11-24(18-23)20-34-30(39)27(14-7-17-33-32(41)42-21-22-8-2-1-3-9-22)36-31(40)28-16-15-25-12-4-5-13-26(25)35-28/h1-6,8-13,15-16,18,27H,7,14,17,19-21H2,(H,33,41)(H,34,39)(H,36,40)(H,37,38)/t27-/m0/s1. The predicted octanol–water partition coefficient (Wildman–Crippen LogP) is 3.98. The van der Waals surface area contributed by atoms with Crippen molar-refractivity contribution < 1.29 is 29.0 Å². The molecule has 0 aliphatic rings. The summed E-state index contributed by atoms with van der Waals surface area (Å²) >= 11 is 0. The summed E-state index contributed by atoms with van der Waals surface area (Å²) in [6.45, 7) is 0.524. The van der Waals surface area contributed by atoms with Gasteiger partial charge in [0, 0.05) is 18.5 Å². The van der Waals surface area contributed by atoms with Crippen molar-refractivity contribution in [3.63, 3.8) is 0 Å². The third-order valence-electron chi connectivity index (χ3n) is 6.42. The van der Waals surface area contributed by atoms with Crippen LogP contribution >= 0.6 is 0 Å². The van der Waals surface area contributed by atoms with E-state index in [4.69, 9.17) is 9.84 Å². The number of ether oxygens (including phenoxy) is 1. The third kappa shape index (κ3) is 9.16. The van der Waals surface area contributed by atoms with Crippen LogP contribution in [0.4, 0.5) is 4.79 Å². The number of alkyl carbamates (subject to hydrolysis) is 1. The lowest BCUT2D eigenvalue weighted by atomic mass is 10.1. The zero-order valence-corrected chi connectivity index (χ0v) is 22.9. The molecule has 0 fully saturated rings. The van der Waals surface area contributed by atoms with Crippen molar-refractivity contribution in [3.8, 4) is 0 Å². The molecule has 0 aliphatic heterocycles. The Morgan fingerprint density at radius 3 is 2.36 bits per heavy atom. The molecular weight excluding hydrogens is 536 g/mol. The van der Waals surface area contributed by atoms with Gasteiger partial charge in [0.2, 0.25) is 5.91 Å². The van der Waals surface area contributed by atoms with Gasteiger partial charge in [-0.05, 0) is 41.7 Å². The first-order chi connectivity index (χ1) is 20.4. The van der Waals surface area contributed by atoms with Crippen molar-refractivity contribution in [2.24, 2.45) is 0 Å². The van der Waals surface area contributed by atoms with Crippen LogP contribution in [0.2, 0.25) is 0 Å². The van der Waals surface area contributed by atoms with Crippen LogP contribution in [0.15, 0.2) is 91.0 Å². The van der Waals surface area contributed by atoms with Crippen molar-refractivity contribution in [1.29, 1.82) is 0 Å². The summed E-state index contributed by atoms with van der Waals surface area (Å²) in [5, 5.41) is 18.2. The Labute approximate surface area is 243 Å². The maximum absolute atomic E-state index is 13.2. The number of pyridine rings is 1. The van der Waals surface area contributed by atoms with Gasteiger partial charge in [-0.25, -0.2) is 9.78 Å².